The number of nitrogens with two attached hydrogens (primary N) is 1. The number of tetrazole rings is 1. The van der Waals surface area contributed by atoms with E-state index in [2.05, 4.69) is 20.6 Å². The van der Waals surface area contributed by atoms with Crippen molar-refractivity contribution in [1.29, 1.82) is 0 Å². The summed E-state index contributed by atoms with van der Waals surface area (Å²) in [4.78, 5) is 10.4. The second-order valence-electron chi connectivity index (χ2n) is 3.02. The summed E-state index contributed by atoms with van der Waals surface area (Å²) >= 11 is 0. The number of aromatic nitrogens is 4. The molecule has 0 aliphatic carbocycles. The molecule has 0 aromatic carbocycles. The first-order chi connectivity index (χ1) is 6.70. The van der Waals surface area contributed by atoms with Crippen molar-refractivity contribution >= 4 is 18.4 Å². The summed E-state index contributed by atoms with van der Waals surface area (Å²) in [5, 5.41) is 21.8. The zero-order chi connectivity index (χ0) is 10.4. The molecule has 0 radical (unpaired) electrons. The number of carboxylic acids is 1. The molecule has 1 atom stereocenters. The summed E-state index contributed by atoms with van der Waals surface area (Å²) in [7, 11) is 0. The molecule has 0 amide bonds. The Kier molecular flexibility index (Phi) is 6.56. The summed E-state index contributed by atoms with van der Waals surface area (Å²) in [5.74, 6) is -0.307. The maximum absolute atomic E-state index is 10.4. The summed E-state index contributed by atoms with van der Waals surface area (Å²) in [6, 6.07) is -0.764. The van der Waals surface area contributed by atoms with E-state index in [-0.39, 0.29) is 12.4 Å². The first-order valence-electron chi connectivity index (χ1n) is 4.41. The predicted octanol–water partition coefficient (Wildman–Crippen LogP) is -0.254. The highest BCUT2D eigenvalue weighted by Crippen LogP contribution is 2.02. The van der Waals surface area contributed by atoms with Crippen LogP contribution in [0.1, 0.15) is 25.1 Å². The summed E-state index contributed by atoms with van der Waals surface area (Å²) in [6.45, 7) is 0. The lowest BCUT2D eigenvalue weighted by atomic mass is 10.1. The summed E-state index contributed by atoms with van der Waals surface area (Å²) < 4.78 is 0. The maximum atomic E-state index is 10.4. The van der Waals surface area contributed by atoms with E-state index in [1.807, 2.05) is 0 Å². The Morgan fingerprint density at radius 1 is 1.53 bits per heavy atom. The topological polar surface area (TPSA) is 118 Å². The second kappa shape index (κ2) is 7.13. The highest BCUT2D eigenvalue weighted by atomic mass is 35.5. The van der Waals surface area contributed by atoms with Gasteiger partial charge in [-0.1, -0.05) is 11.6 Å². The molecule has 0 saturated carbocycles. The van der Waals surface area contributed by atoms with Crippen LogP contribution >= 0.6 is 12.4 Å². The first-order valence-corrected chi connectivity index (χ1v) is 4.41. The minimum Gasteiger partial charge on any atom is -0.480 e. The second-order valence-corrected chi connectivity index (χ2v) is 3.02. The van der Waals surface area contributed by atoms with Gasteiger partial charge in [0, 0.05) is 6.42 Å². The summed E-state index contributed by atoms with van der Waals surface area (Å²) in [5.41, 5.74) is 5.33. The fourth-order valence-corrected chi connectivity index (χ4v) is 1.06. The van der Waals surface area contributed by atoms with Crippen LogP contribution < -0.4 is 5.73 Å². The lowest BCUT2D eigenvalue weighted by Gasteiger charge is -2.04. The molecule has 1 unspecified atom stereocenters. The Hall–Kier alpha value is -1.21. The van der Waals surface area contributed by atoms with Crippen molar-refractivity contribution < 1.29 is 9.90 Å². The van der Waals surface area contributed by atoms with Gasteiger partial charge in [-0.15, -0.1) is 22.6 Å². The highest BCUT2D eigenvalue weighted by molar-refractivity contribution is 5.85. The number of aryl methyl sites for hydroxylation is 1. The number of H-pyrrole nitrogens is 1. The Morgan fingerprint density at radius 3 is 2.80 bits per heavy atom. The molecule has 1 rings (SSSR count). The zero-order valence-corrected chi connectivity index (χ0v) is 8.90. The molecule has 1 heterocycles. The van der Waals surface area contributed by atoms with Crippen molar-refractivity contribution in [2.24, 2.45) is 5.73 Å². The van der Waals surface area contributed by atoms with Gasteiger partial charge in [0.15, 0.2) is 5.82 Å². The average Bonchev–Trinajstić information content (AvgIpc) is 2.64. The van der Waals surface area contributed by atoms with E-state index in [1.54, 1.807) is 0 Å². The third-order valence-electron chi connectivity index (χ3n) is 1.87. The zero-order valence-electron chi connectivity index (χ0n) is 8.09. The number of aliphatic carboxylic acids is 1. The number of hydrogen-bond donors (Lipinski definition) is 3. The van der Waals surface area contributed by atoms with E-state index in [0.717, 1.165) is 12.8 Å². The van der Waals surface area contributed by atoms with Crippen LogP contribution in [0.3, 0.4) is 0 Å². The SMILES string of the molecule is Cl.NC(CCCCc1nn[nH]n1)C(=O)O. The van der Waals surface area contributed by atoms with Crippen LogP contribution in [0.5, 0.6) is 0 Å². The molecule has 1 aromatic heterocycles. The number of hydrogen-bond acceptors (Lipinski definition) is 5. The van der Waals surface area contributed by atoms with Gasteiger partial charge in [-0.05, 0) is 12.8 Å². The van der Waals surface area contributed by atoms with E-state index in [0.29, 0.717) is 18.7 Å². The average molecular weight is 236 g/mol. The molecular formula is C7H14ClN5O2. The minimum atomic E-state index is -0.954. The quantitative estimate of drug-likeness (QED) is 0.585. The number of rotatable bonds is 6. The van der Waals surface area contributed by atoms with Gasteiger partial charge in [-0.2, -0.15) is 5.21 Å². The summed E-state index contributed by atoms with van der Waals surface area (Å²) in [6.07, 6.45) is 2.75. The number of nitrogens with zero attached hydrogens (tertiary/aromatic N) is 3. The van der Waals surface area contributed by atoms with E-state index < -0.39 is 12.0 Å². The van der Waals surface area contributed by atoms with E-state index in [1.165, 1.54) is 0 Å². The monoisotopic (exact) mass is 235 g/mol. The molecule has 86 valence electrons. The van der Waals surface area contributed by atoms with Gasteiger partial charge in [0.25, 0.3) is 0 Å². The Balaban J connectivity index is 0.00000196. The number of nitrogens with one attached hydrogen (secondary N) is 1. The molecule has 1 aromatic rings. The fraction of sp³-hybridized carbons (Fsp3) is 0.714. The van der Waals surface area contributed by atoms with Crippen LogP contribution in [0.2, 0.25) is 0 Å². The number of unbranched alkanes of at least 4 members (excludes halogenated alkanes) is 1. The van der Waals surface area contributed by atoms with Gasteiger partial charge >= 0.3 is 5.97 Å². The molecule has 8 heteroatoms. The Morgan fingerprint density at radius 2 is 2.27 bits per heavy atom. The van der Waals surface area contributed by atoms with Crippen molar-refractivity contribution in [3.8, 4) is 0 Å². The van der Waals surface area contributed by atoms with Crippen molar-refractivity contribution in [1.82, 2.24) is 20.6 Å². The number of halogens is 1. The molecule has 0 saturated heterocycles. The Labute approximate surface area is 92.8 Å². The van der Waals surface area contributed by atoms with Crippen LogP contribution in [0.15, 0.2) is 0 Å². The van der Waals surface area contributed by atoms with Crippen molar-refractivity contribution in [3.05, 3.63) is 5.82 Å². The van der Waals surface area contributed by atoms with Crippen LogP contribution in [0, 0.1) is 0 Å². The first kappa shape index (κ1) is 13.8. The number of carbonyl (C=O) groups is 1. The predicted molar refractivity (Wildman–Crippen MR) is 54.6 cm³/mol. The normalized spacial score (nSPS) is 11.8. The smallest absolute Gasteiger partial charge is 0.320 e. The molecule has 0 spiro atoms. The van der Waals surface area contributed by atoms with Crippen molar-refractivity contribution in [2.45, 2.75) is 31.7 Å². The van der Waals surface area contributed by atoms with E-state index >= 15 is 0 Å². The van der Waals surface area contributed by atoms with E-state index in [4.69, 9.17) is 10.8 Å². The van der Waals surface area contributed by atoms with Crippen molar-refractivity contribution in [3.63, 3.8) is 0 Å². The Bertz CT molecular complexity index is 279. The molecule has 15 heavy (non-hydrogen) atoms. The fourth-order valence-electron chi connectivity index (χ4n) is 1.06. The van der Waals surface area contributed by atoms with Crippen LogP contribution in [-0.4, -0.2) is 37.7 Å². The number of carboxylic acid groups (broad SMARTS) is 1. The molecular weight excluding hydrogens is 222 g/mol. The highest BCUT2D eigenvalue weighted by Gasteiger charge is 2.10. The standard InChI is InChI=1S/C7H13N5O2.ClH/c8-5(7(13)14)3-1-2-4-6-9-11-12-10-6;/h5H,1-4,8H2,(H,13,14)(H,9,10,11,12);1H. The van der Waals surface area contributed by atoms with Crippen LogP contribution in [0.4, 0.5) is 0 Å². The lowest BCUT2D eigenvalue weighted by Crippen LogP contribution is -2.29. The lowest BCUT2D eigenvalue weighted by molar-refractivity contribution is -0.138. The van der Waals surface area contributed by atoms with Gasteiger partial charge in [0.2, 0.25) is 0 Å². The van der Waals surface area contributed by atoms with Crippen LogP contribution in [-0.2, 0) is 11.2 Å². The molecule has 0 aliphatic rings. The van der Waals surface area contributed by atoms with E-state index in [9.17, 15) is 4.79 Å². The van der Waals surface area contributed by atoms with Gasteiger partial charge < -0.3 is 10.8 Å². The van der Waals surface area contributed by atoms with Gasteiger partial charge in [-0.25, -0.2) is 0 Å². The minimum absolute atomic E-state index is 0. The van der Waals surface area contributed by atoms with Gasteiger partial charge in [0.1, 0.15) is 6.04 Å². The number of aromatic amines is 1. The molecule has 0 bridgehead atoms. The van der Waals surface area contributed by atoms with Gasteiger partial charge in [-0.3, -0.25) is 4.79 Å². The maximum Gasteiger partial charge on any atom is 0.320 e. The largest absolute Gasteiger partial charge is 0.480 e. The molecule has 7 nitrogen and oxygen atoms in total. The molecule has 4 N–H and O–H groups in total. The third kappa shape index (κ3) is 5.28. The van der Waals surface area contributed by atoms with Crippen molar-refractivity contribution in [2.75, 3.05) is 0 Å². The molecule has 0 fully saturated rings. The third-order valence-corrected chi connectivity index (χ3v) is 1.87. The van der Waals surface area contributed by atoms with Gasteiger partial charge in [0.05, 0.1) is 0 Å². The molecule has 0 aliphatic heterocycles. The van der Waals surface area contributed by atoms with Crippen LogP contribution in [0.25, 0.3) is 0 Å².